The van der Waals surface area contributed by atoms with Crippen LogP contribution in [0.1, 0.15) is 32.1 Å². The highest BCUT2D eigenvalue weighted by Crippen LogP contribution is 2.53. The van der Waals surface area contributed by atoms with E-state index in [0.29, 0.717) is 6.54 Å². The van der Waals surface area contributed by atoms with E-state index in [9.17, 15) is 0 Å². The zero-order valence-electron chi connectivity index (χ0n) is 7.32. The van der Waals surface area contributed by atoms with E-state index in [4.69, 9.17) is 5.53 Å². The monoisotopic (exact) mass is 165 g/mol. The topological polar surface area (TPSA) is 48.8 Å². The van der Waals surface area contributed by atoms with E-state index in [-0.39, 0.29) is 0 Å². The van der Waals surface area contributed by atoms with Gasteiger partial charge in [0.05, 0.1) is 0 Å². The Morgan fingerprint density at radius 3 is 3.17 bits per heavy atom. The molecule has 12 heavy (non-hydrogen) atoms. The van der Waals surface area contributed by atoms with E-state index >= 15 is 0 Å². The zero-order chi connectivity index (χ0) is 8.39. The van der Waals surface area contributed by atoms with Gasteiger partial charge in [-0.3, -0.25) is 0 Å². The lowest BCUT2D eigenvalue weighted by Crippen LogP contribution is -2.10. The molecule has 0 bridgehead atoms. The fourth-order valence-electron chi connectivity index (χ4n) is 2.66. The smallest absolute Gasteiger partial charge is 0.0260 e. The third kappa shape index (κ3) is 1.56. The third-order valence-electron chi connectivity index (χ3n) is 3.40. The molecular weight excluding hydrogens is 150 g/mol. The molecule has 2 aliphatic carbocycles. The van der Waals surface area contributed by atoms with Gasteiger partial charge in [0.25, 0.3) is 0 Å². The van der Waals surface area contributed by atoms with Crippen molar-refractivity contribution >= 4 is 0 Å². The number of azide groups is 1. The van der Waals surface area contributed by atoms with Crippen LogP contribution >= 0.6 is 0 Å². The largest absolute Gasteiger partial charge is 0.0940 e. The molecule has 2 fully saturated rings. The van der Waals surface area contributed by atoms with Crippen molar-refractivity contribution in [2.75, 3.05) is 6.54 Å². The summed E-state index contributed by atoms with van der Waals surface area (Å²) in [5.74, 6) is 2.94. The average molecular weight is 165 g/mol. The lowest BCUT2D eigenvalue weighted by molar-refractivity contribution is 0.321. The Morgan fingerprint density at radius 2 is 2.33 bits per heavy atom. The minimum absolute atomic E-state index is 0.713. The van der Waals surface area contributed by atoms with Gasteiger partial charge in [0, 0.05) is 11.5 Å². The van der Waals surface area contributed by atoms with Gasteiger partial charge in [-0.05, 0) is 36.1 Å². The summed E-state index contributed by atoms with van der Waals surface area (Å²) < 4.78 is 0. The first-order valence-electron chi connectivity index (χ1n) is 4.92. The SMILES string of the molecule is [N-]=[N+]=NCCC1CCCC2CC12. The first kappa shape index (κ1) is 7.93. The Labute approximate surface area is 72.8 Å². The van der Waals surface area contributed by atoms with Gasteiger partial charge < -0.3 is 0 Å². The van der Waals surface area contributed by atoms with Gasteiger partial charge in [0.1, 0.15) is 0 Å². The molecule has 0 spiro atoms. The second-order valence-corrected chi connectivity index (χ2v) is 4.09. The molecule has 0 saturated heterocycles. The Hall–Kier alpha value is -0.690. The number of fused-ring (bicyclic) bond motifs is 1. The molecule has 3 heteroatoms. The van der Waals surface area contributed by atoms with Crippen LogP contribution in [0.3, 0.4) is 0 Å². The summed E-state index contributed by atoms with van der Waals surface area (Å²) in [6.07, 6.45) is 6.83. The van der Waals surface area contributed by atoms with Crippen molar-refractivity contribution < 1.29 is 0 Å². The van der Waals surface area contributed by atoms with Gasteiger partial charge in [0.15, 0.2) is 0 Å². The second kappa shape index (κ2) is 3.36. The van der Waals surface area contributed by atoms with Gasteiger partial charge in [-0.25, -0.2) is 0 Å². The molecule has 0 aromatic carbocycles. The molecule has 0 aromatic rings. The number of nitrogens with zero attached hydrogens (tertiary/aromatic N) is 3. The van der Waals surface area contributed by atoms with Gasteiger partial charge in [0.2, 0.25) is 0 Å². The minimum atomic E-state index is 0.713. The predicted octanol–water partition coefficient (Wildman–Crippen LogP) is 3.12. The first-order chi connectivity index (χ1) is 5.92. The van der Waals surface area contributed by atoms with E-state index < -0.39 is 0 Å². The highest BCUT2D eigenvalue weighted by atomic mass is 15.1. The van der Waals surface area contributed by atoms with Crippen LogP contribution in [0.2, 0.25) is 0 Å². The van der Waals surface area contributed by atoms with Gasteiger partial charge in [-0.1, -0.05) is 24.4 Å². The molecule has 0 amide bonds. The second-order valence-electron chi connectivity index (χ2n) is 4.09. The summed E-state index contributed by atoms with van der Waals surface area (Å²) in [7, 11) is 0. The van der Waals surface area contributed by atoms with E-state index in [1.54, 1.807) is 0 Å². The normalized spacial score (nSPS) is 38.2. The van der Waals surface area contributed by atoms with Crippen molar-refractivity contribution in [2.45, 2.75) is 32.1 Å². The molecule has 66 valence electrons. The molecule has 0 radical (unpaired) electrons. The number of rotatable bonds is 3. The molecular formula is C9H15N3. The number of hydrogen-bond donors (Lipinski definition) is 0. The minimum Gasteiger partial charge on any atom is -0.0940 e. The quantitative estimate of drug-likeness (QED) is 0.350. The zero-order valence-corrected chi connectivity index (χ0v) is 7.32. The molecule has 0 heterocycles. The summed E-state index contributed by atoms with van der Waals surface area (Å²) in [4.78, 5) is 2.78. The maximum Gasteiger partial charge on any atom is 0.0260 e. The van der Waals surface area contributed by atoms with Gasteiger partial charge in [-0.15, -0.1) is 0 Å². The van der Waals surface area contributed by atoms with Crippen LogP contribution < -0.4 is 0 Å². The Morgan fingerprint density at radius 1 is 1.42 bits per heavy atom. The molecule has 2 rings (SSSR count). The Bertz CT molecular complexity index is 208. The fraction of sp³-hybridized carbons (Fsp3) is 1.00. The summed E-state index contributed by atoms with van der Waals surface area (Å²) in [5, 5.41) is 3.60. The molecule has 0 N–H and O–H groups in total. The van der Waals surface area contributed by atoms with Crippen molar-refractivity contribution in [1.82, 2.24) is 0 Å². The fourth-order valence-corrected chi connectivity index (χ4v) is 2.66. The summed E-state index contributed by atoms with van der Waals surface area (Å²) in [6, 6.07) is 0. The van der Waals surface area contributed by atoms with Crippen molar-refractivity contribution in [3.8, 4) is 0 Å². The van der Waals surface area contributed by atoms with Crippen molar-refractivity contribution in [3.05, 3.63) is 10.4 Å². The standard InChI is InChI=1S/C9H15N3/c10-12-11-5-4-7-2-1-3-8-6-9(7)8/h7-9H,1-6H2. The highest BCUT2D eigenvalue weighted by molar-refractivity contribution is 4.94. The number of hydrogen-bond acceptors (Lipinski definition) is 1. The molecule has 0 aliphatic heterocycles. The molecule has 3 nitrogen and oxygen atoms in total. The van der Waals surface area contributed by atoms with Gasteiger partial charge >= 0.3 is 0 Å². The van der Waals surface area contributed by atoms with Crippen LogP contribution in [0.4, 0.5) is 0 Å². The lowest BCUT2D eigenvalue weighted by atomic mass is 9.87. The average Bonchev–Trinajstić information content (AvgIpc) is 2.84. The molecule has 0 aromatic heterocycles. The predicted molar refractivity (Wildman–Crippen MR) is 47.6 cm³/mol. The van der Waals surface area contributed by atoms with Crippen LogP contribution in [0.25, 0.3) is 10.4 Å². The van der Waals surface area contributed by atoms with Crippen LogP contribution in [0.15, 0.2) is 5.11 Å². The van der Waals surface area contributed by atoms with Crippen molar-refractivity contribution in [1.29, 1.82) is 0 Å². The summed E-state index contributed by atoms with van der Waals surface area (Å²) in [5.41, 5.74) is 8.13. The van der Waals surface area contributed by atoms with Crippen LogP contribution in [-0.4, -0.2) is 6.54 Å². The van der Waals surface area contributed by atoms with Crippen molar-refractivity contribution in [3.63, 3.8) is 0 Å². The van der Waals surface area contributed by atoms with E-state index in [1.165, 1.54) is 25.7 Å². The first-order valence-corrected chi connectivity index (χ1v) is 4.92. The Balaban J connectivity index is 1.76. The maximum absolute atomic E-state index is 8.13. The van der Waals surface area contributed by atoms with Gasteiger partial charge in [-0.2, -0.15) is 0 Å². The van der Waals surface area contributed by atoms with E-state index in [0.717, 1.165) is 24.2 Å². The van der Waals surface area contributed by atoms with E-state index in [2.05, 4.69) is 10.0 Å². The maximum atomic E-state index is 8.13. The third-order valence-corrected chi connectivity index (χ3v) is 3.40. The molecule has 2 aliphatic rings. The van der Waals surface area contributed by atoms with E-state index in [1.807, 2.05) is 0 Å². The summed E-state index contributed by atoms with van der Waals surface area (Å²) >= 11 is 0. The summed E-state index contributed by atoms with van der Waals surface area (Å²) in [6.45, 7) is 0.713. The highest BCUT2D eigenvalue weighted by Gasteiger charge is 2.44. The molecule has 3 atom stereocenters. The van der Waals surface area contributed by atoms with Crippen LogP contribution in [0.5, 0.6) is 0 Å². The Kier molecular flexibility index (Phi) is 2.22. The molecule has 3 unspecified atom stereocenters. The van der Waals surface area contributed by atoms with Crippen LogP contribution in [0, 0.1) is 17.8 Å². The van der Waals surface area contributed by atoms with Crippen molar-refractivity contribution in [2.24, 2.45) is 22.9 Å². The van der Waals surface area contributed by atoms with Crippen LogP contribution in [-0.2, 0) is 0 Å². The molecule has 2 saturated carbocycles. The lowest BCUT2D eigenvalue weighted by Gasteiger charge is -2.19.